The zero-order valence-corrected chi connectivity index (χ0v) is 27.1. The number of hydrogen-bond donors (Lipinski definition) is 2. The second-order valence-corrected chi connectivity index (χ2v) is 14.2. The molecule has 2 fully saturated rings. The van der Waals surface area contributed by atoms with Gasteiger partial charge in [0, 0.05) is 24.7 Å². The van der Waals surface area contributed by atoms with Crippen LogP contribution in [-0.2, 0) is 26.2 Å². The van der Waals surface area contributed by atoms with Crippen molar-refractivity contribution < 1.29 is 37.0 Å². The largest absolute Gasteiger partial charge is 0.493 e. The van der Waals surface area contributed by atoms with E-state index in [-0.39, 0.29) is 37.7 Å². The molecule has 3 aromatic carbocycles. The van der Waals surface area contributed by atoms with Crippen LogP contribution in [0.5, 0.6) is 17.2 Å². The van der Waals surface area contributed by atoms with Crippen molar-refractivity contribution in [2.75, 3.05) is 43.4 Å². The van der Waals surface area contributed by atoms with Crippen molar-refractivity contribution in [1.29, 1.82) is 0 Å². The van der Waals surface area contributed by atoms with Crippen LogP contribution in [0, 0.1) is 12.8 Å². The van der Waals surface area contributed by atoms with Gasteiger partial charge in [-0.1, -0.05) is 24.3 Å². The summed E-state index contributed by atoms with van der Waals surface area (Å²) in [6.45, 7) is 2.21. The predicted octanol–water partition coefficient (Wildman–Crippen LogP) is 2.65. The Hall–Kier alpha value is -4.78. The molecule has 1 aliphatic carbocycles. The maximum absolute atomic E-state index is 13.7. The molecule has 2 atom stereocenters. The SMILES string of the molecule is Cc1cccc(N(CC(=O)N2C[C@@H]3NC(=O)c4cc(cc(OCC5CC5)c4)OCC(=O)NCc4ccc(cc4)O[C@H]3C2)S(C)(=O)=O)c1. The molecule has 3 aliphatic heterocycles. The summed E-state index contributed by atoms with van der Waals surface area (Å²) in [4.78, 5) is 41.4. The third kappa shape index (κ3) is 8.33. The smallest absolute Gasteiger partial charge is 0.258 e. The minimum atomic E-state index is -3.78. The minimum absolute atomic E-state index is 0.0956. The molecule has 1 saturated carbocycles. The summed E-state index contributed by atoms with van der Waals surface area (Å²) in [5.41, 5.74) is 2.35. The number of nitrogens with zero attached hydrogens (tertiary/aromatic N) is 2. The Morgan fingerprint density at radius 3 is 2.53 bits per heavy atom. The Balaban J connectivity index is 1.26. The van der Waals surface area contributed by atoms with Gasteiger partial charge in [-0.3, -0.25) is 18.7 Å². The Morgan fingerprint density at radius 1 is 1.02 bits per heavy atom. The van der Waals surface area contributed by atoms with Crippen LogP contribution in [0.2, 0.25) is 0 Å². The number of sulfonamides is 1. The number of fused-ring (bicyclic) bond motifs is 7. The number of rotatable bonds is 7. The normalized spacial score (nSPS) is 19.8. The van der Waals surface area contributed by atoms with Gasteiger partial charge in [0.2, 0.25) is 15.9 Å². The second-order valence-electron chi connectivity index (χ2n) is 12.3. The maximum atomic E-state index is 13.7. The standard InChI is InChI=1S/C34H38N4O8S/c1-22-4-3-5-26(12-22)38(47(2,42)43)19-33(40)37-17-30-31(18-37)46-27-10-8-23(9-11-27)16-35-32(39)21-45-29-14-25(34(41)36-30)13-28(15-29)44-20-24-6-7-24/h3-5,8-15,24,30-31H,6-7,16-21H2,1-2H3,(H,35,39)(H,36,41)/t30-,31-/m0/s1. The fourth-order valence-electron chi connectivity index (χ4n) is 5.52. The maximum Gasteiger partial charge on any atom is 0.258 e. The first-order chi connectivity index (χ1) is 22.5. The molecule has 248 valence electrons. The van der Waals surface area contributed by atoms with Gasteiger partial charge in [0.1, 0.15) is 29.9 Å². The Morgan fingerprint density at radius 2 is 1.81 bits per heavy atom. The zero-order valence-electron chi connectivity index (χ0n) is 26.3. The number of ether oxygens (including phenoxy) is 3. The molecule has 0 spiro atoms. The number of amides is 3. The number of carbonyl (C=O) groups is 3. The van der Waals surface area contributed by atoms with E-state index >= 15 is 0 Å². The highest BCUT2D eigenvalue weighted by molar-refractivity contribution is 7.92. The molecule has 0 unspecified atom stereocenters. The first-order valence-electron chi connectivity index (χ1n) is 15.6. The zero-order chi connectivity index (χ0) is 33.1. The van der Waals surface area contributed by atoms with Gasteiger partial charge < -0.3 is 29.7 Å². The van der Waals surface area contributed by atoms with Crippen molar-refractivity contribution in [1.82, 2.24) is 15.5 Å². The lowest BCUT2D eigenvalue weighted by atomic mass is 10.1. The van der Waals surface area contributed by atoms with Gasteiger partial charge in [0.05, 0.1) is 31.1 Å². The van der Waals surface area contributed by atoms with Crippen LogP contribution in [0.25, 0.3) is 0 Å². The van der Waals surface area contributed by atoms with Crippen molar-refractivity contribution in [3.8, 4) is 17.2 Å². The van der Waals surface area contributed by atoms with Crippen molar-refractivity contribution in [2.24, 2.45) is 5.92 Å². The number of nitrogens with one attached hydrogen (secondary N) is 2. The number of carbonyl (C=O) groups excluding carboxylic acids is 3. The summed E-state index contributed by atoms with van der Waals surface area (Å²) in [5.74, 6) is 0.558. The average molecular weight is 663 g/mol. The Kier molecular flexibility index (Phi) is 9.26. The van der Waals surface area contributed by atoms with Crippen molar-refractivity contribution in [3.63, 3.8) is 0 Å². The van der Waals surface area contributed by atoms with E-state index in [1.54, 1.807) is 48.5 Å². The summed E-state index contributed by atoms with van der Waals surface area (Å²) in [7, 11) is -3.78. The summed E-state index contributed by atoms with van der Waals surface area (Å²) in [5, 5.41) is 5.84. The molecule has 47 heavy (non-hydrogen) atoms. The molecule has 3 amide bonds. The molecule has 3 heterocycles. The highest BCUT2D eigenvalue weighted by Gasteiger charge is 2.39. The number of benzene rings is 3. The summed E-state index contributed by atoms with van der Waals surface area (Å²) in [6, 6.07) is 18.3. The number of anilines is 1. The van der Waals surface area contributed by atoms with Crippen LogP contribution < -0.4 is 29.1 Å². The van der Waals surface area contributed by atoms with E-state index in [2.05, 4.69) is 10.6 Å². The van der Waals surface area contributed by atoms with Gasteiger partial charge in [-0.25, -0.2) is 8.42 Å². The van der Waals surface area contributed by atoms with E-state index in [4.69, 9.17) is 14.2 Å². The van der Waals surface area contributed by atoms with E-state index in [9.17, 15) is 22.8 Å². The first kappa shape index (κ1) is 32.2. The van der Waals surface area contributed by atoms with Gasteiger partial charge in [0.25, 0.3) is 11.8 Å². The average Bonchev–Trinajstić information content (AvgIpc) is 3.79. The third-order valence-electron chi connectivity index (χ3n) is 8.30. The van der Waals surface area contributed by atoms with Crippen LogP contribution in [0.15, 0.2) is 66.7 Å². The van der Waals surface area contributed by atoms with Crippen LogP contribution in [-0.4, -0.2) is 82.3 Å². The lowest BCUT2D eigenvalue weighted by Crippen LogP contribution is -2.45. The topological polar surface area (TPSA) is 144 Å². The molecule has 4 aliphatic rings. The van der Waals surface area contributed by atoms with Gasteiger partial charge in [-0.15, -0.1) is 0 Å². The molecule has 2 N–H and O–H groups in total. The fourth-order valence-corrected chi connectivity index (χ4v) is 6.36. The quantitative estimate of drug-likeness (QED) is 0.393. The molecule has 13 heteroatoms. The highest BCUT2D eigenvalue weighted by Crippen LogP contribution is 2.31. The summed E-state index contributed by atoms with van der Waals surface area (Å²) in [6.07, 6.45) is 2.61. The number of aryl methyl sites for hydroxylation is 1. The van der Waals surface area contributed by atoms with Crippen LogP contribution >= 0.6 is 0 Å². The highest BCUT2D eigenvalue weighted by atomic mass is 32.2. The molecule has 12 nitrogen and oxygen atoms in total. The van der Waals surface area contributed by atoms with Gasteiger partial charge >= 0.3 is 0 Å². The molecule has 0 radical (unpaired) electrons. The molecule has 7 rings (SSSR count). The third-order valence-corrected chi connectivity index (χ3v) is 9.44. The van der Waals surface area contributed by atoms with Crippen molar-refractivity contribution in [2.45, 2.75) is 38.5 Å². The van der Waals surface area contributed by atoms with E-state index in [0.29, 0.717) is 35.5 Å². The van der Waals surface area contributed by atoms with Gasteiger partial charge in [-0.05, 0) is 73.2 Å². The molecule has 0 aromatic heterocycles. The fraction of sp³-hybridized carbons (Fsp3) is 0.382. The van der Waals surface area contributed by atoms with E-state index < -0.39 is 40.5 Å². The minimum Gasteiger partial charge on any atom is -0.493 e. The Labute approximate surface area is 274 Å². The van der Waals surface area contributed by atoms with Crippen LogP contribution in [0.4, 0.5) is 5.69 Å². The monoisotopic (exact) mass is 662 g/mol. The first-order valence-corrected chi connectivity index (χ1v) is 17.4. The molecular formula is C34H38N4O8S. The molecular weight excluding hydrogens is 624 g/mol. The van der Waals surface area contributed by atoms with E-state index in [0.717, 1.165) is 34.5 Å². The van der Waals surface area contributed by atoms with Crippen LogP contribution in [0.1, 0.15) is 34.3 Å². The summed E-state index contributed by atoms with van der Waals surface area (Å²) < 4.78 is 44.6. The second kappa shape index (κ2) is 13.5. The van der Waals surface area contributed by atoms with Crippen LogP contribution in [0.3, 0.4) is 0 Å². The van der Waals surface area contributed by atoms with Gasteiger partial charge in [-0.2, -0.15) is 0 Å². The lowest BCUT2D eigenvalue weighted by molar-refractivity contribution is -0.128. The van der Waals surface area contributed by atoms with E-state index in [1.807, 2.05) is 25.1 Å². The number of likely N-dealkylation sites (tertiary alicyclic amines) is 1. The molecule has 1 saturated heterocycles. The van der Waals surface area contributed by atoms with Gasteiger partial charge in [0.15, 0.2) is 6.61 Å². The lowest BCUT2D eigenvalue weighted by Gasteiger charge is -2.25. The Bertz CT molecular complexity index is 1760. The van der Waals surface area contributed by atoms with Crippen molar-refractivity contribution in [3.05, 3.63) is 83.4 Å². The summed E-state index contributed by atoms with van der Waals surface area (Å²) >= 11 is 0. The van der Waals surface area contributed by atoms with Crippen molar-refractivity contribution >= 4 is 33.4 Å². The molecule has 3 aromatic rings. The van der Waals surface area contributed by atoms with E-state index in [1.165, 1.54) is 4.90 Å². The predicted molar refractivity (Wildman–Crippen MR) is 174 cm³/mol. The number of hydrogen-bond acceptors (Lipinski definition) is 8. The molecule has 4 bridgehead atoms.